The van der Waals surface area contributed by atoms with E-state index in [0.717, 1.165) is 6.42 Å². The molecule has 0 spiro atoms. The van der Waals surface area contributed by atoms with Crippen LogP contribution in [0.2, 0.25) is 0 Å². The Balaban J connectivity index is 0. The van der Waals surface area contributed by atoms with Crippen LogP contribution in [0.4, 0.5) is 0 Å². The first-order chi connectivity index (χ1) is 4.57. The highest BCUT2D eigenvalue weighted by Gasteiger charge is 2.09. The first-order valence-electron chi connectivity index (χ1n) is 3.70. The lowest BCUT2D eigenvalue weighted by Crippen LogP contribution is -2.13. The van der Waals surface area contributed by atoms with Gasteiger partial charge in [0, 0.05) is 5.92 Å². The Hall–Kier alpha value is -0.240. The van der Waals surface area contributed by atoms with Crippen LogP contribution in [-0.4, -0.2) is 13.0 Å². The molecule has 3 heteroatoms. The molecule has 0 aromatic carbocycles. The number of rotatable bonds is 3. The molecule has 0 radical (unpaired) electrons. The summed E-state index contributed by atoms with van der Waals surface area (Å²) >= 11 is 0. The van der Waals surface area contributed by atoms with E-state index in [9.17, 15) is 0 Å². The minimum absolute atomic E-state index is 0. The third-order valence-corrected chi connectivity index (χ3v) is 1.49. The molecule has 11 heavy (non-hydrogen) atoms. The molecule has 0 aliphatic heterocycles. The molecule has 0 saturated carbocycles. The van der Waals surface area contributed by atoms with Gasteiger partial charge in [0.2, 0.25) is 0 Å². The lowest BCUT2D eigenvalue weighted by Gasteiger charge is -2.13. The largest absolute Gasteiger partial charge is 0.484 e. The van der Waals surface area contributed by atoms with Crippen LogP contribution in [0.15, 0.2) is 0 Å². The third-order valence-electron chi connectivity index (χ3n) is 1.49. The number of halogens is 1. The Bertz CT molecular complexity index is 115. The maximum atomic E-state index is 7.31. The second-order valence-electron chi connectivity index (χ2n) is 3.10. The minimum Gasteiger partial charge on any atom is -0.484 e. The number of ether oxygens (including phenoxy) is 1. The first-order valence-corrected chi connectivity index (χ1v) is 3.70. The molecule has 0 aromatic rings. The van der Waals surface area contributed by atoms with Gasteiger partial charge in [-0.15, -0.1) is 12.4 Å². The second-order valence-corrected chi connectivity index (χ2v) is 3.10. The molecule has 0 aliphatic rings. The minimum atomic E-state index is 0. The molecule has 0 heterocycles. The van der Waals surface area contributed by atoms with Crippen molar-refractivity contribution >= 4 is 18.3 Å². The zero-order valence-corrected chi connectivity index (χ0v) is 8.49. The van der Waals surface area contributed by atoms with Crippen LogP contribution >= 0.6 is 12.4 Å². The van der Waals surface area contributed by atoms with E-state index < -0.39 is 0 Å². The van der Waals surface area contributed by atoms with Gasteiger partial charge in [0.1, 0.15) is 0 Å². The summed E-state index contributed by atoms with van der Waals surface area (Å²) in [6.45, 7) is 6.32. The third kappa shape index (κ3) is 6.17. The number of hydrogen-bond acceptors (Lipinski definition) is 2. The van der Waals surface area contributed by atoms with Crippen molar-refractivity contribution in [2.24, 2.45) is 11.8 Å². The summed E-state index contributed by atoms with van der Waals surface area (Å²) in [6, 6.07) is 0. The highest BCUT2D eigenvalue weighted by atomic mass is 35.5. The summed E-state index contributed by atoms with van der Waals surface area (Å²) in [7, 11) is 1.55. The molecule has 68 valence electrons. The van der Waals surface area contributed by atoms with E-state index in [1.54, 1.807) is 7.11 Å². The summed E-state index contributed by atoms with van der Waals surface area (Å²) in [6.07, 6.45) is 1.03. The van der Waals surface area contributed by atoms with E-state index in [-0.39, 0.29) is 18.3 Å². The standard InChI is InChI=1S/C8H17NO.ClH/c1-6(2)5-7(3)8(9)10-4;/h6-7,9H,5H2,1-4H3;1H. The van der Waals surface area contributed by atoms with Gasteiger partial charge in [-0.1, -0.05) is 20.8 Å². The van der Waals surface area contributed by atoms with E-state index in [1.807, 2.05) is 6.92 Å². The zero-order valence-electron chi connectivity index (χ0n) is 7.68. The quantitative estimate of drug-likeness (QED) is 0.525. The van der Waals surface area contributed by atoms with Gasteiger partial charge in [-0.2, -0.15) is 0 Å². The molecule has 0 aromatic heterocycles. The number of methoxy groups -OCH3 is 1. The number of nitrogens with one attached hydrogen (secondary N) is 1. The Labute approximate surface area is 75.2 Å². The molecular formula is C8H18ClNO. The highest BCUT2D eigenvalue weighted by Crippen LogP contribution is 2.11. The summed E-state index contributed by atoms with van der Waals surface area (Å²) in [5.74, 6) is 1.31. The summed E-state index contributed by atoms with van der Waals surface area (Å²) in [5, 5.41) is 7.31. The van der Waals surface area contributed by atoms with Crippen LogP contribution in [0.5, 0.6) is 0 Å². The van der Waals surface area contributed by atoms with E-state index in [1.165, 1.54) is 0 Å². The predicted octanol–water partition coefficient (Wildman–Crippen LogP) is 2.71. The summed E-state index contributed by atoms with van der Waals surface area (Å²) < 4.78 is 4.80. The van der Waals surface area contributed by atoms with E-state index in [2.05, 4.69) is 13.8 Å². The highest BCUT2D eigenvalue weighted by molar-refractivity contribution is 5.85. The fraction of sp³-hybridized carbons (Fsp3) is 0.875. The fourth-order valence-electron chi connectivity index (χ4n) is 1.02. The van der Waals surface area contributed by atoms with Gasteiger partial charge in [0.25, 0.3) is 0 Å². The lowest BCUT2D eigenvalue weighted by molar-refractivity contribution is 0.349. The van der Waals surface area contributed by atoms with Crippen molar-refractivity contribution in [3.05, 3.63) is 0 Å². The van der Waals surface area contributed by atoms with Crippen molar-refractivity contribution in [1.29, 1.82) is 5.41 Å². The maximum absolute atomic E-state index is 7.31. The first kappa shape index (κ1) is 13.4. The van der Waals surface area contributed by atoms with E-state index in [0.29, 0.717) is 11.8 Å². The van der Waals surface area contributed by atoms with Crippen LogP contribution in [0, 0.1) is 17.2 Å². The van der Waals surface area contributed by atoms with Crippen LogP contribution in [0.1, 0.15) is 27.2 Å². The topological polar surface area (TPSA) is 33.1 Å². The summed E-state index contributed by atoms with van der Waals surface area (Å²) in [4.78, 5) is 0. The fourth-order valence-corrected chi connectivity index (χ4v) is 1.02. The number of hydrogen-bond donors (Lipinski definition) is 1. The Morgan fingerprint density at radius 2 is 1.82 bits per heavy atom. The van der Waals surface area contributed by atoms with Gasteiger partial charge in [0.05, 0.1) is 7.11 Å². The van der Waals surface area contributed by atoms with Crippen molar-refractivity contribution in [3.63, 3.8) is 0 Å². The van der Waals surface area contributed by atoms with Crippen molar-refractivity contribution in [2.45, 2.75) is 27.2 Å². The molecule has 0 saturated heterocycles. The van der Waals surface area contributed by atoms with E-state index in [4.69, 9.17) is 10.1 Å². The molecule has 1 N–H and O–H groups in total. The molecule has 0 bridgehead atoms. The molecule has 0 aliphatic carbocycles. The van der Waals surface area contributed by atoms with E-state index >= 15 is 0 Å². The molecule has 2 nitrogen and oxygen atoms in total. The molecule has 0 amide bonds. The van der Waals surface area contributed by atoms with Gasteiger partial charge >= 0.3 is 0 Å². The molecule has 1 atom stereocenters. The van der Waals surface area contributed by atoms with Gasteiger partial charge < -0.3 is 4.74 Å². The van der Waals surface area contributed by atoms with Crippen molar-refractivity contribution in [2.75, 3.05) is 7.11 Å². The summed E-state index contributed by atoms with van der Waals surface area (Å²) in [5.41, 5.74) is 0. The van der Waals surface area contributed by atoms with Gasteiger partial charge in [-0.25, -0.2) is 0 Å². The Morgan fingerprint density at radius 3 is 2.09 bits per heavy atom. The average molecular weight is 180 g/mol. The van der Waals surface area contributed by atoms with Gasteiger partial charge in [-0.3, -0.25) is 5.41 Å². The Morgan fingerprint density at radius 1 is 1.36 bits per heavy atom. The molecule has 0 rings (SSSR count). The van der Waals surface area contributed by atoms with Crippen LogP contribution in [0.25, 0.3) is 0 Å². The molecule has 0 fully saturated rings. The van der Waals surface area contributed by atoms with Crippen molar-refractivity contribution in [1.82, 2.24) is 0 Å². The smallest absolute Gasteiger partial charge is 0.182 e. The van der Waals surface area contributed by atoms with Crippen LogP contribution < -0.4 is 0 Å². The SMILES string of the molecule is COC(=N)C(C)CC(C)C.Cl. The van der Waals surface area contributed by atoms with Gasteiger partial charge in [0.15, 0.2) is 5.90 Å². The van der Waals surface area contributed by atoms with Crippen LogP contribution in [-0.2, 0) is 4.74 Å². The monoisotopic (exact) mass is 179 g/mol. The lowest BCUT2D eigenvalue weighted by atomic mass is 9.99. The van der Waals surface area contributed by atoms with Crippen LogP contribution in [0.3, 0.4) is 0 Å². The molecule has 1 unspecified atom stereocenters. The maximum Gasteiger partial charge on any atom is 0.182 e. The van der Waals surface area contributed by atoms with Crippen molar-refractivity contribution in [3.8, 4) is 0 Å². The normalized spacial score (nSPS) is 12.1. The molecular weight excluding hydrogens is 162 g/mol. The zero-order chi connectivity index (χ0) is 8.15. The second kappa shape index (κ2) is 6.47. The van der Waals surface area contributed by atoms with Gasteiger partial charge in [-0.05, 0) is 12.3 Å². The predicted molar refractivity (Wildman–Crippen MR) is 50.6 cm³/mol. The Kier molecular flexibility index (Phi) is 7.85. The average Bonchev–Trinajstić information content (AvgIpc) is 1.85. The van der Waals surface area contributed by atoms with Crippen molar-refractivity contribution < 1.29 is 4.74 Å².